The van der Waals surface area contributed by atoms with Crippen molar-refractivity contribution in [1.29, 1.82) is 0 Å². The largest absolute Gasteiger partial charge is 0.321 e. The number of hydrogen-bond donors (Lipinski definition) is 1. The highest BCUT2D eigenvalue weighted by Gasteiger charge is 2.18. The minimum absolute atomic E-state index is 0.246. The molecule has 2 aromatic carbocycles. The van der Waals surface area contributed by atoms with Crippen molar-refractivity contribution >= 4 is 28.7 Å². The Morgan fingerprint density at radius 1 is 0.826 bits per heavy atom. The van der Waals surface area contributed by atoms with E-state index < -0.39 is 0 Å². The third-order valence-corrected chi connectivity index (χ3v) is 3.45. The van der Waals surface area contributed by atoms with Crippen LogP contribution < -0.4 is 5.32 Å². The average molecular weight is 303 g/mol. The number of nitrogens with one attached hydrogen (secondary N) is 1. The Morgan fingerprint density at radius 2 is 1.52 bits per heavy atom. The molecule has 4 nitrogen and oxygen atoms in total. The molecule has 0 unspecified atom stereocenters. The summed E-state index contributed by atoms with van der Waals surface area (Å²) in [5.41, 5.74) is 1.81. The molecule has 0 saturated carbocycles. The third kappa shape index (κ3) is 3.16. The summed E-state index contributed by atoms with van der Waals surface area (Å²) in [5.74, 6) is -0.779. The summed E-state index contributed by atoms with van der Waals surface area (Å²) >= 11 is 0. The monoisotopic (exact) mass is 303 g/mol. The second kappa shape index (κ2) is 6.23. The van der Waals surface area contributed by atoms with Gasteiger partial charge in [-0.3, -0.25) is 14.4 Å². The first-order valence-electron chi connectivity index (χ1n) is 7.09. The van der Waals surface area contributed by atoms with Crippen molar-refractivity contribution in [3.63, 3.8) is 0 Å². The van der Waals surface area contributed by atoms with Gasteiger partial charge in [-0.1, -0.05) is 36.4 Å². The van der Waals surface area contributed by atoms with E-state index in [-0.39, 0.29) is 23.0 Å². The number of amides is 1. The lowest BCUT2D eigenvalue weighted by Gasteiger charge is -2.13. The molecule has 0 radical (unpaired) electrons. The molecule has 0 spiro atoms. The van der Waals surface area contributed by atoms with E-state index in [1.165, 1.54) is 18.2 Å². The van der Waals surface area contributed by atoms with E-state index in [4.69, 9.17) is 0 Å². The van der Waals surface area contributed by atoms with Crippen molar-refractivity contribution in [3.8, 4) is 0 Å². The van der Waals surface area contributed by atoms with Gasteiger partial charge in [-0.25, -0.2) is 0 Å². The van der Waals surface area contributed by atoms with Crippen LogP contribution in [-0.4, -0.2) is 17.5 Å². The molecule has 1 aliphatic carbocycles. The number of carbonyl (C=O) groups is 3. The van der Waals surface area contributed by atoms with Crippen molar-refractivity contribution in [2.75, 3.05) is 5.32 Å². The fraction of sp³-hybridized carbons (Fsp3) is 0. The molecule has 0 saturated heterocycles. The summed E-state index contributed by atoms with van der Waals surface area (Å²) in [6.45, 7) is 0. The van der Waals surface area contributed by atoms with Gasteiger partial charge in [0.1, 0.15) is 0 Å². The first-order valence-corrected chi connectivity index (χ1v) is 7.09. The zero-order valence-electron chi connectivity index (χ0n) is 12.2. The molecule has 1 aliphatic rings. The number of allylic oxidation sites excluding steroid dienone is 4. The number of ketones is 2. The van der Waals surface area contributed by atoms with Crippen molar-refractivity contribution in [2.24, 2.45) is 0 Å². The van der Waals surface area contributed by atoms with Crippen LogP contribution in [0.15, 0.2) is 72.8 Å². The van der Waals surface area contributed by atoms with E-state index in [2.05, 4.69) is 5.32 Å². The van der Waals surface area contributed by atoms with E-state index >= 15 is 0 Å². The fourth-order valence-electron chi connectivity index (χ4n) is 2.33. The van der Waals surface area contributed by atoms with Gasteiger partial charge in [0.2, 0.25) is 0 Å². The molecule has 2 aromatic rings. The van der Waals surface area contributed by atoms with Crippen LogP contribution >= 0.6 is 0 Å². The summed E-state index contributed by atoms with van der Waals surface area (Å²) in [7, 11) is 0. The van der Waals surface area contributed by atoms with Gasteiger partial charge in [0, 0.05) is 22.4 Å². The number of hydrogen-bond acceptors (Lipinski definition) is 3. The molecule has 0 fully saturated rings. The predicted octanol–water partition coefficient (Wildman–Crippen LogP) is 3.03. The Bertz CT molecular complexity index is 848. The normalized spacial score (nSPS) is 13.7. The number of rotatable bonds is 3. The van der Waals surface area contributed by atoms with Gasteiger partial charge >= 0.3 is 0 Å². The van der Waals surface area contributed by atoms with Crippen molar-refractivity contribution in [1.82, 2.24) is 0 Å². The Morgan fingerprint density at radius 3 is 2.30 bits per heavy atom. The molecule has 0 heterocycles. The molecule has 1 amide bonds. The molecule has 4 heteroatoms. The molecular weight excluding hydrogens is 290 g/mol. The van der Waals surface area contributed by atoms with Gasteiger partial charge in [-0.15, -0.1) is 0 Å². The molecule has 0 bridgehead atoms. The first-order chi connectivity index (χ1) is 11.1. The van der Waals surface area contributed by atoms with E-state index in [9.17, 15) is 14.4 Å². The maximum absolute atomic E-state index is 12.3. The van der Waals surface area contributed by atoms with Gasteiger partial charge in [-0.05, 0) is 36.4 Å². The number of anilines is 1. The maximum Gasteiger partial charge on any atom is 0.255 e. The molecule has 3 rings (SSSR count). The topological polar surface area (TPSA) is 63.2 Å². The SMILES string of the molecule is O=C1C=CC(=O)C(c2ccccc2NC(=O)c2ccccc2)=C1. The summed E-state index contributed by atoms with van der Waals surface area (Å²) < 4.78 is 0. The molecule has 1 N–H and O–H groups in total. The summed E-state index contributed by atoms with van der Waals surface area (Å²) in [5, 5.41) is 2.79. The highest BCUT2D eigenvalue weighted by Crippen LogP contribution is 2.27. The fourth-order valence-corrected chi connectivity index (χ4v) is 2.33. The third-order valence-electron chi connectivity index (χ3n) is 3.45. The van der Waals surface area contributed by atoms with Crippen LogP contribution in [-0.2, 0) is 9.59 Å². The van der Waals surface area contributed by atoms with Crippen LogP contribution in [0.5, 0.6) is 0 Å². The van der Waals surface area contributed by atoms with Gasteiger partial charge < -0.3 is 5.32 Å². The average Bonchev–Trinajstić information content (AvgIpc) is 2.58. The first kappa shape index (κ1) is 14.7. The lowest BCUT2D eigenvalue weighted by atomic mass is 9.95. The van der Waals surface area contributed by atoms with Gasteiger partial charge in [0.05, 0.1) is 0 Å². The Balaban J connectivity index is 1.94. The zero-order chi connectivity index (χ0) is 16.2. The van der Waals surface area contributed by atoms with E-state index in [1.807, 2.05) is 6.07 Å². The minimum Gasteiger partial charge on any atom is -0.321 e. The van der Waals surface area contributed by atoms with Gasteiger partial charge in [0.25, 0.3) is 5.91 Å². The van der Waals surface area contributed by atoms with E-state index in [1.54, 1.807) is 48.5 Å². The molecule has 0 atom stereocenters. The number of carbonyl (C=O) groups excluding carboxylic acids is 3. The van der Waals surface area contributed by atoms with Crippen LogP contribution in [0.3, 0.4) is 0 Å². The van der Waals surface area contributed by atoms with Crippen LogP contribution in [0, 0.1) is 0 Å². The summed E-state index contributed by atoms with van der Waals surface area (Å²) in [4.78, 5) is 35.9. The number of benzene rings is 2. The number of para-hydroxylation sites is 1. The zero-order valence-corrected chi connectivity index (χ0v) is 12.2. The lowest BCUT2D eigenvalue weighted by Crippen LogP contribution is -2.15. The maximum atomic E-state index is 12.3. The molecular formula is C19H13NO3. The van der Waals surface area contributed by atoms with Crippen molar-refractivity contribution < 1.29 is 14.4 Å². The van der Waals surface area contributed by atoms with E-state index in [0.717, 1.165) is 0 Å². The highest BCUT2D eigenvalue weighted by atomic mass is 16.2. The van der Waals surface area contributed by atoms with Crippen LogP contribution in [0.1, 0.15) is 15.9 Å². The van der Waals surface area contributed by atoms with Gasteiger partial charge in [-0.2, -0.15) is 0 Å². The standard InChI is InChI=1S/C19H13NO3/c21-14-10-11-18(22)16(12-14)15-8-4-5-9-17(15)20-19(23)13-6-2-1-3-7-13/h1-12H,(H,20,23). The van der Waals surface area contributed by atoms with Crippen molar-refractivity contribution in [3.05, 3.63) is 84.0 Å². The Hall–Kier alpha value is -3.27. The van der Waals surface area contributed by atoms with Crippen LogP contribution in [0.25, 0.3) is 5.57 Å². The van der Waals surface area contributed by atoms with Gasteiger partial charge in [0.15, 0.2) is 11.6 Å². The predicted molar refractivity (Wildman–Crippen MR) is 88.0 cm³/mol. The molecule has 0 aromatic heterocycles. The molecule has 0 aliphatic heterocycles. The summed E-state index contributed by atoms with van der Waals surface area (Å²) in [6.07, 6.45) is 3.76. The van der Waals surface area contributed by atoms with Crippen molar-refractivity contribution in [2.45, 2.75) is 0 Å². The Labute approximate surface area is 133 Å². The smallest absolute Gasteiger partial charge is 0.255 e. The Kier molecular flexibility index (Phi) is 3.97. The molecule has 112 valence electrons. The van der Waals surface area contributed by atoms with Crippen LogP contribution in [0.2, 0.25) is 0 Å². The van der Waals surface area contributed by atoms with E-state index in [0.29, 0.717) is 16.8 Å². The quantitative estimate of drug-likeness (QED) is 0.886. The minimum atomic E-state index is -0.274. The summed E-state index contributed by atoms with van der Waals surface area (Å²) in [6, 6.07) is 15.7. The second-order valence-corrected chi connectivity index (χ2v) is 5.02. The lowest BCUT2D eigenvalue weighted by molar-refractivity contribution is -0.113. The highest BCUT2D eigenvalue weighted by molar-refractivity contribution is 6.34. The molecule has 23 heavy (non-hydrogen) atoms. The second-order valence-electron chi connectivity index (χ2n) is 5.02. The van der Waals surface area contributed by atoms with Crippen LogP contribution in [0.4, 0.5) is 5.69 Å².